The van der Waals surface area contributed by atoms with Crippen LogP contribution in [0, 0.1) is 10.1 Å². The van der Waals surface area contributed by atoms with Gasteiger partial charge in [-0.2, -0.15) is 18.3 Å². The predicted molar refractivity (Wildman–Crippen MR) is 78.2 cm³/mol. The molecule has 0 aliphatic heterocycles. The molecule has 0 amide bonds. The number of nitrogens with zero attached hydrogens (tertiary/aromatic N) is 3. The Morgan fingerprint density at radius 1 is 1.35 bits per heavy atom. The molecule has 0 unspecified atom stereocenters. The van der Waals surface area contributed by atoms with Crippen molar-refractivity contribution in [2.75, 3.05) is 5.43 Å². The molecule has 120 valence electrons. The Morgan fingerprint density at radius 2 is 2.09 bits per heavy atom. The summed E-state index contributed by atoms with van der Waals surface area (Å²) in [7, 11) is 0. The van der Waals surface area contributed by atoms with E-state index in [-0.39, 0.29) is 5.69 Å². The van der Waals surface area contributed by atoms with E-state index >= 15 is 0 Å². The van der Waals surface area contributed by atoms with Gasteiger partial charge in [-0.25, -0.2) is 0 Å². The van der Waals surface area contributed by atoms with Gasteiger partial charge >= 0.3 is 6.18 Å². The third kappa shape index (κ3) is 4.02. The molecule has 0 fully saturated rings. The highest BCUT2D eigenvalue weighted by molar-refractivity contribution is 5.98. The summed E-state index contributed by atoms with van der Waals surface area (Å²) in [5.74, 6) is 0. The van der Waals surface area contributed by atoms with Gasteiger partial charge in [0.1, 0.15) is 5.69 Å². The first kappa shape index (κ1) is 16.4. The normalized spacial score (nSPS) is 12.1. The lowest BCUT2D eigenvalue weighted by Crippen LogP contribution is -2.07. The fourth-order valence-corrected chi connectivity index (χ4v) is 1.74. The lowest BCUT2D eigenvalue weighted by atomic mass is 10.1. The summed E-state index contributed by atoms with van der Waals surface area (Å²) < 4.78 is 37.9. The fraction of sp³-hybridized carbons (Fsp3) is 0.143. The average Bonchev–Trinajstić information content (AvgIpc) is 2.52. The van der Waals surface area contributed by atoms with Crippen molar-refractivity contribution < 1.29 is 18.1 Å². The van der Waals surface area contributed by atoms with Crippen molar-refractivity contribution in [3.05, 3.63) is 64.0 Å². The first-order valence-corrected chi connectivity index (χ1v) is 6.35. The lowest BCUT2D eigenvalue weighted by molar-refractivity contribution is -0.384. The number of nitrogens with one attached hydrogen (secondary N) is 1. The zero-order valence-electron chi connectivity index (χ0n) is 11.8. The molecular formula is C14H11F3N4O2. The Bertz CT molecular complexity index is 745. The third-order valence-electron chi connectivity index (χ3n) is 2.95. The highest BCUT2D eigenvalue weighted by Gasteiger charge is 2.33. The molecule has 0 aliphatic rings. The zero-order valence-corrected chi connectivity index (χ0v) is 11.8. The number of nitro groups is 1. The second kappa shape index (κ2) is 6.42. The average molecular weight is 324 g/mol. The number of nitro benzene ring substituents is 1. The molecule has 2 rings (SSSR count). The number of halogens is 3. The molecule has 1 heterocycles. The largest absolute Gasteiger partial charge is 0.416 e. The SMILES string of the molecule is C/C(=N\Nc1ccc(C(F)(F)F)cc1[N+](=O)[O-])c1cccnc1. The first-order valence-electron chi connectivity index (χ1n) is 6.35. The minimum Gasteiger partial charge on any atom is -0.271 e. The molecule has 2 aromatic rings. The maximum absolute atomic E-state index is 12.6. The van der Waals surface area contributed by atoms with E-state index in [1.165, 1.54) is 0 Å². The maximum Gasteiger partial charge on any atom is 0.416 e. The van der Waals surface area contributed by atoms with Crippen molar-refractivity contribution in [2.24, 2.45) is 5.10 Å². The quantitative estimate of drug-likeness (QED) is 0.526. The van der Waals surface area contributed by atoms with Gasteiger partial charge in [-0.3, -0.25) is 20.5 Å². The molecule has 1 aromatic heterocycles. The van der Waals surface area contributed by atoms with Crippen molar-refractivity contribution >= 4 is 17.1 Å². The van der Waals surface area contributed by atoms with Gasteiger partial charge < -0.3 is 0 Å². The molecule has 23 heavy (non-hydrogen) atoms. The summed E-state index contributed by atoms with van der Waals surface area (Å²) >= 11 is 0. The standard InChI is InChI=1S/C14H11F3N4O2/c1-9(10-3-2-6-18-8-10)19-20-12-5-4-11(14(15,16)17)7-13(12)21(22)23/h2-8,20H,1H3/b19-9+. The van der Waals surface area contributed by atoms with Gasteiger partial charge in [-0.05, 0) is 25.1 Å². The van der Waals surface area contributed by atoms with Crippen molar-refractivity contribution in [1.29, 1.82) is 0 Å². The van der Waals surface area contributed by atoms with E-state index in [4.69, 9.17) is 0 Å². The summed E-state index contributed by atoms with van der Waals surface area (Å²) in [5, 5.41) is 14.9. The zero-order chi connectivity index (χ0) is 17.0. The minimum atomic E-state index is -4.65. The summed E-state index contributed by atoms with van der Waals surface area (Å²) in [6.07, 6.45) is -1.54. The smallest absolute Gasteiger partial charge is 0.271 e. The molecule has 0 saturated carbocycles. The van der Waals surface area contributed by atoms with Gasteiger partial charge in [0.05, 0.1) is 16.2 Å². The summed E-state index contributed by atoms with van der Waals surface area (Å²) in [5.41, 5.74) is 1.64. The Kier molecular flexibility index (Phi) is 4.58. The summed E-state index contributed by atoms with van der Waals surface area (Å²) in [4.78, 5) is 14.0. The van der Waals surface area contributed by atoms with E-state index < -0.39 is 22.4 Å². The third-order valence-corrected chi connectivity index (χ3v) is 2.95. The van der Waals surface area contributed by atoms with Crippen LogP contribution in [0.3, 0.4) is 0 Å². The van der Waals surface area contributed by atoms with Gasteiger partial charge in [0, 0.05) is 24.0 Å². The molecule has 0 radical (unpaired) electrons. The molecular weight excluding hydrogens is 313 g/mol. The second-order valence-corrected chi connectivity index (χ2v) is 4.54. The Labute approximate surface area is 128 Å². The lowest BCUT2D eigenvalue weighted by Gasteiger charge is -2.09. The molecule has 6 nitrogen and oxygen atoms in total. The first-order chi connectivity index (χ1) is 10.8. The van der Waals surface area contributed by atoms with Crippen LogP contribution in [0.2, 0.25) is 0 Å². The second-order valence-electron chi connectivity index (χ2n) is 4.54. The van der Waals surface area contributed by atoms with Crippen LogP contribution in [0.15, 0.2) is 47.8 Å². The van der Waals surface area contributed by atoms with Gasteiger partial charge in [0.2, 0.25) is 0 Å². The summed E-state index contributed by atoms with van der Waals surface area (Å²) in [6.45, 7) is 1.64. The van der Waals surface area contributed by atoms with E-state index in [1.54, 1.807) is 31.5 Å². The van der Waals surface area contributed by atoms with Crippen LogP contribution >= 0.6 is 0 Å². The van der Waals surface area contributed by atoms with Crippen molar-refractivity contribution in [2.45, 2.75) is 13.1 Å². The molecule has 9 heteroatoms. The number of alkyl halides is 3. The van der Waals surface area contributed by atoms with E-state index in [9.17, 15) is 23.3 Å². The van der Waals surface area contributed by atoms with Crippen LogP contribution in [0.4, 0.5) is 24.5 Å². The molecule has 0 aliphatic carbocycles. The van der Waals surface area contributed by atoms with Crippen LogP contribution in [-0.4, -0.2) is 15.6 Å². The Balaban J connectivity index is 2.31. The molecule has 0 bridgehead atoms. The van der Waals surface area contributed by atoms with E-state index in [0.717, 1.165) is 12.1 Å². The van der Waals surface area contributed by atoms with Gasteiger partial charge in [0.15, 0.2) is 0 Å². The number of hydrogen-bond donors (Lipinski definition) is 1. The molecule has 0 atom stereocenters. The van der Waals surface area contributed by atoms with Gasteiger partial charge in [-0.1, -0.05) is 6.07 Å². The van der Waals surface area contributed by atoms with Crippen molar-refractivity contribution in [3.63, 3.8) is 0 Å². The Hall–Kier alpha value is -2.97. The monoisotopic (exact) mass is 324 g/mol. The van der Waals surface area contributed by atoms with Crippen molar-refractivity contribution in [3.8, 4) is 0 Å². The number of aromatic nitrogens is 1. The van der Waals surface area contributed by atoms with Crippen LogP contribution < -0.4 is 5.43 Å². The number of pyridine rings is 1. The number of anilines is 1. The predicted octanol–water partition coefficient (Wildman–Crippen LogP) is 3.84. The van der Waals surface area contributed by atoms with Crippen LogP contribution in [0.5, 0.6) is 0 Å². The molecule has 0 spiro atoms. The fourth-order valence-electron chi connectivity index (χ4n) is 1.74. The number of hydrazone groups is 1. The van der Waals surface area contributed by atoms with Crippen LogP contribution in [0.25, 0.3) is 0 Å². The number of benzene rings is 1. The van der Waals surface area contributed by atoms with Crippen LogP contribution in [-0.2, 0) is 6.18 Å². The van der Waals surface area contributed by atoms with Crippen LogP contribution in [0.1, 0.15) is 18.1 Å². The maximum atomic E-state index is 12.6. The molecule has 1 N–H and O–H groups in total. The topological polar surface area (TPSA) is 80.4 Å². The van der Waals surface area contributed by atoms with E-state index in [1.807, 2.05) is 0 Å². The van der Waals surface area contributed by atoms with Gasteiger partial charge in [0.25, 0.3) is 5.69 Å². The van der Waals surface area contributed by atoms with E-state index in [2.05, 4.69) is 15.5 Å². The highest BCUT2D eigenvalue weighted by atomic mass is 19.4. The van der Waals surface area contributed by atoms with Crippen molar-refractivity contribution in [1.82, 2.24) is 4.98 Å². The number of rotatable bonds is 4. The minimum absolute atomic E-state index is 0.133. The van der Waals surface area contributed by atoms with E-state index in [0.29, 0.717) is 17.3 Å². The Morgan fingerprint density at radius 3 is 2.65 bits per heavy atom. The highest BCUT2D eigenvalue weighted by Crippen LogP contribution is 2.34. The number of hydrogen-bond acceptors (Lipinski definition) is 5. The summed E-state index contributed by atoms with van der Waals surface area (Å²) in [6, 6.07) is 5.62. The van der Waals surface area contributed by atoms with Gasteiger partial charge in [-0.15, -0.1) is 0 Å². The molecule has 0 saturated heterocycles. The molecule has 1 aromatic carbocycles.